The molecule has 31 heavy (non-hydrogen) atoms. The molecule has 4 rings (SSSR count). The van der Waals surface area contributed by atoms with Crippen LogP contribution in [0.4, 0.5) is 5.95 Å². The van der Waals surface area contributed by atoms with Gasteiger partial charge < -0.3 is 10.2 Å². The van der Waals surface area contributed by atoms with Gasteiger partial charge in [0.1, 0.15) is 5.82 Å². The van der Waals surface area contributed by atoms with E-state index < -0.39 is 0 Å². The molecule has 3 aromatic heterocycles. The van der Waals surface area contributed by atoms with Crippen molar-refractivity contribution in [3.05, 3.63) is 59.1 Å². The first-order chi connectivity index (χ1) is 14.6. The summed E-state index contributed by atoms with van der Waals surface area (Å²) < 4.78 is 0. The van der Waals surface area contributed by atoms with Crippen LogP contribution in [0, 0.1) is 0 Å². The molecule has 0 aliphatic carbocycles. The predicted octanol–water partition coefficient (Wildman–Crippen LogP) is 3.64. The van der Waals surface area contributed by atoms with Crippen LogP contribution in [-0.2, 0) is 12.8 Å². The number of anilines is 1. The normalized spacial score (nSPS) is 11.0. The first-order valence-corrected chi connectivity index (χ1v) is 10.1. The SMILES string of the molecule is CN(C)CCNc1ncc2c(-c3ccnc(CCc4cccc(Cl)c4)n3)[nH]nc2n1.Cl. The van der Waals surface area contributed by atoms with E-state index in [1.165, 1.54) is 0 Å². The quantitative estimate of drug-likeness (QED) is 0.415. The van der Waals surface area contributed by atoms with E-state index in [1.807, 2.05) is 38.4 Å². The van der Waals surface area contributed by atoms with E-state index in [4.69, 9.17) is 16.6 Å². The number of hydrogen-bond acceptors (Lipinski definition) is 7. The Morgan fingerprint density at radius 3 is 2.77 bits per heavy atom. The van der Waals surface area contributed by atoms with Crippen LogP contribution in [0.25, 0.3) is 22.4 Å². The molecule has 0 amide bonds. The fourth-order valence-electron chi connectivity index (χ4n) is 3.08. The third kappa shape index (κ3) is 5.88. The molecule has 3 heterocycles. The van der Waals surface area contributed by atoms with Crippen molar-refractivity contribution in [1.29, 1.82) is 0 Å². The van der Waals surface area contributed by atoms with Gasteiger partial charge in [-0.25, -0.2) is 15.0 Å². The number of nitrogens with one attached hydrogen (secondary N) is 2. The largest absolute Gasteiger partial charge is 0.353 e. The van der Waals surface area contributed by atoms with Gasteiger partial charge in [-0.1, -0.05) is 23.7 Å². The summed E-state index contributed by atoms with van der Waals surface area (Å²) >= 11 is 6.07. The standard InChI is InChI=1S/C21H23ClN8.ClH/c1-30(2)11-10-24-21-25-13-16-19(28-29-20(16)27-21)17-8-9-23-18(26-17)7-6-14-4-3-5-15(22)12-14;/h3-5,8-9,12-13H,6-7,10-11H2,1-2H3,(H2,24,25,27,28,29);1H. The molecule has 2 N–H and O–H groups in total. The first kappa shape index (κ1) is 22.9. The van der Waals surface area contributed by atoms with Gasteiger partial charge in [0.15, 0.2) is 5.65 Å². The Kier molecular flexibility index (Phi) is 7.73. The summed E-state index contributed by atoms with van der Waals surface area (Å²) in [5, 5.41) is 12.1. The molecule has 0 spiro atoms. The summed E-state index contributed by atoms with van der Waals surface area (Å²) in [4.78, 5) is 20.1. The van der Waals surface area contributed by atoms with Crippen molar-refractivity contribution in [2.24, 2.45) is 0 Å². The Labute approximate surface area is 191 Å². The van der Waals surface area contributed by atoms with E-state index in [1.54, 1.807) is 12.4 Å². The highest BCUT2D eigenvalue weighted by Crippen LogP contribution is 2.24. The van der Waals surface area contributed by atoms with Crippen molar-refractivity contribution >= 4 is 41.0 Å². The minimum absolute atomic E-state index is 0. The molecule has 162 valence electrons. The third-order valence-electron chi connectivity index (χ3n) is 4.64. The lowest BCUT2D eigenvalue weighted by molar-refractivity contribution is 0.425. The van der Waals surface area contributed by atoms with Crippen LogP contribution < -0.4 is 5.32 Å². The third-order valence-corrected chi connectivity index (χ3v) is 4.88. The van der Waals surface area contributed by atoms with Gasteiger partial charge in [0.25, 0.3) is 0 Å². The maximum absolute atomic E-state index is 6.07. The lowest BCUT2D eigenvalue weighted by Crippen LogP contribution is -2.21. The highest BCUT2D eigenvalue weighted by molar-refractivity contribution is 6.30. The van der Waals surface area contributed by atoms with Crippen molar-refractivity contribution < 1.29 is 0 Å². The van der Waals surface area contributed by atoms with E-state index in [0.29, 0.717) is 11.6 Å². The van der Waals surface area contributed by atoms with Gasteiger partial charge in [-0.15, -0.1) is 12.4 Å². The van der Waals surface area contributed by atoms with Gasteiger partial charge in [0.05, 0.1) is 16.8 Å². The van der Waals surface area contributed by atoms with Crippen molar-refractivity contribution in [3.63, 3.8) is 0 Å². The Morgan fingerprint density at radius 1 is 1.10 bits per heavy atom. The lowest BCUT2D eigenvalue weighted by Gasteiger charge is -2.09. The molecule has 10 heteroatoms. The summed E-state index contributed by atoms with van der Waals surface area (Å²) in [7, 11) is 4.05. The van der Waals surface area contributed by atoms with E-state index in [9.17, 15) is 0 Å². The number of nitrogens with zero attached hydrogens (tertiary/aromatic N) is 6. The summed E-state index contributed by atoms with van der Waals surface area (Å²) in [5.41, 5.74) is 3.32. The highest BCUT2D eigenvalue weighted by Gasteiger charge is 2.12. The molecule has 4 aromatic rings. The summed E-state index contributed by atoms with van der Waals surface area (Å²) in [5.74, 6) is 1.32. The maximum Gasteiger partial charge on any atom is 0.224 e. The minimum atomic E-state index is 0. The summed E-state index contributed by atoms with van der Waals surface area (Å²) in [6.07, 6.45) is 5.07. The van der Waals surface area contributed by atoms with Crippen LogP contribution in [-0.4, -0.2) is 62.2 Å². The molecule has 8 nitrogen and oxygen atoms in total. The van der Waals surface area contributed by atoms with Gasteiger partial charge in [0.2, 0.25) is 5.95 Å². The molecule has 0 saturated carbocycles. The molecule has 0 radical (unpaired) electrons. The van der Waals surface area contributed by atoms with Crippen LogP contribution in [0.1, 0.15) is 11.4 Å². The van der Waals surface area contributed by atoms with Crippen LogP contribution in [0.15, 0.2) is 42.7 Å². The average Bonchev–Trinajstić information content (AvgIpc) is 3.16. The molecular formula is C21H24Cl2N8. The zero-order valence-corrected chi connectivity index (χ0v) is 18.9. The van der Waals surface area contributed by atoms with Crippen molar-refractivity contribution in [1.82, 2.24) is 35.0 Å². The summed E-state index contributed by atoms with van der Waals surface area (Å²) in [6.45, 7) is 1.66. The number of benzene rings is 1. The van der Waals surface area contributed by atoms with Crippen LogP contribution in [0.5, 0.6) is 0 Å². The van der Waals surface area contributed by atoms with Crippen molar-refractivity contribution in [2.45, 2.75) is 12.8 Å². The van der Waals surface area contributed by atoms with E-state index in [-0.39, 0.29) is 12.4 Å². The van der Waals surface area contributed by atoms with Crippen molar-refractivity contribution in [3.8, 4) is 11.4 Å². The molecule has 0 aliphatic rings. The van der Waals surface area contributed by atoms with Gasteiger partial charge in [-0.3, -0.25) is 5.10 Å². The molecular weight excluding hydrogens is 435 g/mol. The first-order valence-electron chi connectivity index (χ1n) is 9.75. The smallest absolute Gasteiger partial charge is 0.224 e. The number of aryl methyl sites for hydroxylation is 2. The number of aromatic amines is 1. The maximum atomic E-state index is 6.07. The molecule has 1 aromatic carbocycles. The highest BCUT2D eigenvalue weighted by atomic mass is 35.5. The topological polar surface area (TPSA) is 95.5 Å². The van der Waals surface area contributed by atoms with Gasteiger partial charge in [-0.05, 0) is 44.3 Å². The molecule has 0 aliphatic heterocycles. The Balaban J connectivity index is 0.00000272. The number of likely N-dealkylation sites (N-methyl/N-ethyl adjacent to an activating group) is 1. The van der Waals surface area contributed by atoms with Crippen LogP contribution in [0.2, 0.25) is 5.02 Å². The Morgan fingerprint density at radius 2 is 1.97 bits per heavy atom. The van der Waals surface area contributed by atoms with Gasteiger partial charge in [-0.2, -0.15) is 10.1 Å². The number of hydrogen-bond donors (Lipinski definition) is 2. The number of aromatic nitrogens is 6. The second-order valence-electron chi connectivity index (χ2n) is 7.25. The molecule has 0 atom stereocenters. The van der Waals surface area contributed by atoms with E-state index >= 15 is 0 Å². The zero-order valence-electron chi connectivity index (χ0n) is 17.3. The molecule has 0 fully saturated rings. The average molecular weight is 459 g/mol. The fourth-order valence-corrected chi connectivity index (χ4v) is 3.30. The second-order valence-corrected chi connectivity index (χ2v) is 7.68. The number of rotatable bonds is 8. The molecule has 0 bridgehead atoms. The number of halogens is 2. The van der Waals surface area contributed by atoms with Gasteiger partial charge >= 0.3 is 0 Å². The van der Waals surface area contributed by atoms with Crippen molar-refractivity contribution in [2.75, 3.05) is 32.5 Å². The zero-order chi connectivity index (χ0) is 20.9. The number of H-pyrrole nitrogens is 1. The van der Waals surface area contributed by atoms with Crippen LogP contribution >= 0.6 is 24.0 Å². The Bertz CT molecular complexity index is 1150. The summed E-state index contributed by atoms with van der Waals surface area (Å²) in [6, 6.07) is 9.71. The van der Waals surface area contributed by atoms with E-state index in [2.05, 4.69) is 41.4 Å². The lowest BCUT2D eigenvalue weighted by atomic mass is 10.1. The second kappa shape index (κ2) is 10.5. The van der Waals surface area contributed by atoms with E-state index in [0.717, 1.165) is 59.1 Å². The van der Waals surface area contributed by atoms with Gasteiger partial charge in [0, 0.05) is 36.9 Å². The van der Waals surface area contributed by atoms with Crippen LogP contribution in [0.3, 0.4) is 0 Å². The fraction of sp³-hybridized carbons (Fsp3) is 0.286. The predicted molar refractivity (Wildman–Crippen MR) is 126 cm³/mol. The Hall–Kier alpha value is -2.81. The number of fused-ring (bicyclic) bond motifs is 1. The molecule has 0 saturated heterocycles. The molecule has 0 unspecified atom stereocenters. The monoisotopic (exact) mass is 458 g/mol. The minimum Gasteiger partial charge on any atom is -0.353 e.